The lowest BCUT2D eigenvalue weighted by Crippen LogP contribution is -2.30. The van der Waals surface area contributed by atoms with Gasteiger partial charge < -0.3 is 14.2 Å². The van der Waals surface area contributed by atoms with Gasteiger partial charge in [0, 0.05) is 19.3 Å². The highest BCUT2D eigenvalue weighted by atomic mass is 16.6. The van der Waals surface area contributed by atoms with Gasteiger partial charge in [-0.15, -0.1) is 0 Å². The third kappa shape index (κ3) is 67.5. The first-order valence-corrected chi connectivity index (χ1v) is 35.4. The van der Waals surface area contributed by atoms with E-state index in [0.717, 1.165) is 89.9 Å². The predicted octanol–water partition coefficient (Wildman–Crippen LogP) is 24.4. The lowest BCUT2D eigenvalue weighted by Gasteiger charge is -2.18. The summed E-state index contributed by atoms with van der Waals surface area (Å²) in [6, 6.07) is 0. The molecule has 470 valence electrons. The molecule has 0 aromatic rings. The summed E-state index contributed by atoms with van der Waals surface area (Å²) in [5.74, 6) is -0.878. The Morgan fingerprint density at radius 1 is 0.247 bits per heavy atom. The summed E-state index contributed by atoms with van der Waals surface area (Å²) in [6.45, 7) is 6.64. The number of allylic oxidation sites excluding steroid dienone is 12. The van der Waals surface area contributed by atoms with Crippen molar-refractivity contribution in [2.24, 2.45) is 0 Å². The first-order valence-electron chi connectivity index (χ1n) is 35.4. The van der Waals surface area contributed by atoms with Gasteiger partial charge in [0.15, 0.2) is 6.10 Å². The molecule has 0 fully saturated rings. The van der Waals surface area contributed by atoms with Crippen molar-refractivity contribution < 1.29 is 28.6 Å². The molecule has 0 rings (SSSR count). The van der Waals surface area contributed by atoms with Crippen LogP contribution < -0.4 is 0 Å². The number of hydrogen-bond donors (Lipinski definition) is 0. The highest BCUT2D eigenvalue weighted by Crippen LogP contribution is 2.17. The van der Waals surface area contributed by atoms with Crippen LogP contribution in [0.1, 0.15) is 367 Å². The molecule has 0 saturated heterocycles. The summed E-state index contributed by atoms with van der Waals surface area (Å²) >= 11 is 0. The van der Waals surface area contributed by atoms with Gasteiger partial charge in [0.1, 0.15) is 13.2 Å². The van der Waals surface area contributed by atoms with Crippen molar-refractivity contribution in [2.75, 3.05) is 13.2 Å². The van der Waals surface area contributed by atoms with E-state index < -0.39 is 6.10 Å². The van der Waals surface area contributed by atoms with Crippen LogP contribution in [-0.4, -0.2) is 37.2 Å². The second-order valence-corrected chi connectivity index (χ2v) is 23.8. The zero-order valence-electron chi connectivity index (χ0n) is 54.1. The molecule has 0 amide bonds. The first-order chi connectivity index (χ1) is 40.0. The van der Waals surface area contributed by atoms with Crippen LogP contribution in [0.4, 0.5) is 0 Å². The smallest absolute Gasteiger partial charge is 0.306 e. The van der Waals surface area contributed by atoms with Gasteiger partial charge in [0.05, 0.1) is 0 Å². The van der Waals surface area contributed by atoms with Crippen molar-refractivity contribution >= 4 is 17.9 Å². The average Bonchev–Trinajstić information content (AvgIpc) is 3.47. The molecule has 0 N–H and O–H groups in total. The predicted molar refractivity (Wildman–Crippen MR) is 353 cm³/mol. The van der Waals surface area contributed by atoms with Gasteiger partial charge in [0.2, 0.25) is 0 Å². The van der Waals surface area contributed by atoms with Gasteiger partial charge in [-0.3, -0.25) is 14.4 Å². The normalized spacial score (nSPS) is 12.5. The van der Waals surface area contributed by atoms with Gasteiger partial charge in [-0.1, -0.05) is 306 Å². The lowest BCUT2D eigenvalue weighted by molar-refractivity contribution is -0.167. The SMILES string of the molecule is CCCCC/C=C\C/C=C\CCCCCCCCCCCC(=O)OCC(COC(=O)CCCCCCCCCCCCC/C=C\CCCCCCCCCC)OC(=O)CCCCCCCC/C=C\C/C=C\C/C=C\CCCCCCC. The van der Waals surface area contributed by atoms with E-state index in [4.69, 9.17) is 14.2 Å². The number of carbonyl (C=O) groups is 3. The molecule has 6 heteroatoms. The fourth-order valence-electron chi connectivity index (χ4n) is 10.3. The molecule has 0 aromatic carbocycles. The second kappa shape index (κ2) is 69.3. The van der Waals surface area contributed by atoms with Gasteiger partial charge >= 0.3 is 17.9 Å². The molecular formula is C75H134O6. The minimum absolute atomic E-state index is 0.0805. The summed E-state index contributed by atoms with van der Waals surface area (Å²) in [7, 11) is 0. The van der Waals surface area contributed by atoms with E-state index in [1.54, 1.807) is 0 Å². The monoisotopic (exact) mass is 1130 g/mol. The summed E-state index contributed by atoms with van der Waals surface area (Å²) in [4.78, 5) is 38.5. The number of rotatable bonds is 65. The van der Waals surface area contributed by atoms with Crippen LogP contribution in [0, 0.1) is 0 Å². The summed E-state index contributed by atoms with van der Waals surface area (Å²) in [5, 5.41) is 0. The molecular weight excluding hydrogens is 997 g/mol. The van der Waals surface area contributed by atoms with Crippen molar-refractivity contribution in [2.45, 2.75) is 374 Å². The Labute approximate surface area is 503 Å². The maximum Gasteiger partial charge on any atom is 0.306 e. The molecule has 81 heavy (non-hydrogen) atoms. The molecule has 0 aliphatic carbocycles. The fourth-order valence-corrected chi connectivity index (χ4v) is 10.3. The minimum Gasteiger partial charge on any atom is -0.462 e. The van der Waals surface area contributed by atoms with E-state index in [0.29, 0.717) is 19.3 Å². The number of ether oxygens (including phenoxy) is 3. The Hall–Kier alpha value is -3.15. The average molecular weight is 1130 g/mol. The lowest BCUT2D eigenvalue weighted by atomic mass is 10.0. The van der Waals surface area contributed by atoms with Crippen LogP contribution in [-0.2, 0) is 28.6 Å². The number of carbonyl (C=O) groups excluding carboxylic acids is 3. The van der Waals surface area contributed by atoms with Crippen LogP contribution in [0.25, 0.3) is 0 Å². The number of hydrogen-bond acceptors (Lipinski definition) is 6. The van der Waals surface area contributed by atoms with Crippen LogP contribution >= 0.6 is 0 Å². The largest absolute Gasteiger partial charge is 0.462 e. The van der Waals surface area contributed by atoms with Gasteiger partial charge in [-0.2, -0.15) is 0 Å². The van der Waals surface area contributed by atoms with Crippen LogP contribution in [0.15, 0.2) is 72.9 Å². The van der Waals surface area contributed by atoms with Crippen molar-refractivity contribution in [3.05, 3.63) is 72.9 Å². The Morgan fingerprint density at radius 2 is 0.444 bits per heavy atom. The molecule has 0 saturated carbocycles. The Bertz CT molecular complexity index is 1490. The Kier molecular flexibility index (Phi) is 66.6. The maximum atomic E-state index is 13.0. The first kappa shape index (κ1) is 77.9. The molecule has 0 heterocycles. The molecule has 1 unspecified atom stereocenters. The molecule has 0 bridgehead atoms. The molecule has 6 nitrogen and oxygen atoms in total. The van der Waals surface area contributed by atoms with E-state index in [1.165, 1.54) is 238 Å². The summed E-state index contributed by atoms with van der Waals surface area (Å²) in [6.07, 6.45) is 90.6. The molecule has 0 aromatic heterocycles. The quantitative estimate of drug-likeness (QED) is 0.0261. The van der Waals surface area contributed by atoms with Crippen LogP contribution in [0.3, 0.4) is 0 Å². The molecule has 1 atom stereocenters. The highest BCUT2D eigenvalue weighted by molar-refractivity contribution is 5.71. The zero-order valence-corrected chi connectivity index (χ0v) is 54.1. The number of unbranched alkanes of at least 4 members (excludes halogenated alkanes) is 42. The molecule has 0 aliphatic rings. The fraction of sp³-hybridized carbons (Fsp3) is 0.800. The topological polar surface area (TPSA) is 78.9 Å². The highest BCUT2D eigenvalue weighted by Gasteiger charge is 2.19. The Morgan fingerprint density at radius 3 is 0.728 bits per heavy atom. The van der Waals surface area contributed by atoms with Crippen molar-refractivity contribution in [3.63, 3.8) is 0 Å². The molecule has 0 radical (unpaired) electrons. The van der Waals surface area contributed by atoms with Gasteiger partial charge in [0.25, 0.3) is 0 Å². The van der Waals surface area contributed by atoms with Crippen molar-refractivity contribution in [1.82, 2.24) is 0 Å². The maximum absolute atomic E-state index is 13.0. The van der Waals surface area contributed by atoms with Crippen molar-refractivity contribution in [1.29, 1.82) is 0 Å². The van der Waals surface area contributed by atoms with E-state index in [9.17, 15) is 14.4 Å². The summed E-state index contributed by atoms with van der Waals surface area (Å²) < 4.78 is 17.0. The Balaban J connectivity index is 4.38. The van der Waals surface area contributed by atoms with E-state index >= 15 is 0 Å². The van der Waals surface area contributed by atoms with Gasteiger partial charge in [-0.25, -0.2) is 0 Å². The van der Waals surface area contributed by atoms with E-state index in [2.05, 4.69) is 93.7 Å². The van der Waals surface area contributed by atoms with E-state index in [1.807, 2.05) is 0 Å². The second-order valence-electron chi connectivity index (χ2n) is 23.8. The molecule has 0 spiro atoms. The third-order valence-electron chi connectivity index (χ3n) is 15.7. The zero-order chi connectivity index (χ0) is 58.5. The van der Waals surface area contributed by atoms with E-state index in [-0.39, 0.29) is 31.1 Å². The van der Waals surface area contributed by atoms with Crippen LogP contribution in [0.2, 0.25) is 0 Å². The number of esters is 3. The van der Waals surface area contributed by atoms with Gasteiger partial charge in [-0.05, 0) is 116 Å². The molecule has 0 aliphatic heterocycles. The van der Waals surface area contributed by atoms with Crippen molar-refractivity contribution in [3.8, 4) is 0 Å². The minimum atomic E-state index is -0.787. The summed E-state index contributed by atoms with van der Waals surface area (Å²) in [5.41, 5.74) is 0. The van der Waals surface area contributed by atoms with Crippen LogP contribution in [0.5, 0.6) is 0 Å². The third-order valence-corrected chi connectivity index (χ3v) is 15.7. The standard InChI is InChI=1S/C75H134O6/c1-4-7-10-13-16-19-22-25-28-31-34-36-37-39-41-44-47-50-53-56-59-62-65-68-74(77)80-71-72(70-79-73(76)67-64-61-58-55-52-49-46-43-40-33-30-27-24-21-18-15-12-9-6-3)81-75(78)69-66-63-60-57-54-51-48-45-42-38-35-32-29-26-23-20-17-14-11-8-5-2/h18,21,23,26-27,30-32,34-35,42,45,72H,4-17,19-20,22,24-25,28-29,33,36-41,43-44,46-71H2,1-3H3/b21-18-,26-23-,30-27-,34-31-,35-32-,45-42-.